The predicted molar refractivity (Wildman–Crippen MR) is 146 cm³/mol. The SMILES string of the molecule is O=COc1ccc(-c2sc3cc(OC=O)ccc3c2C(=O)c2ccc(OCCN3CCCCC3)cc2)cc1. The normalized spacial score (nSPS) is 13.7. The molecule has 0 unspecified atom stereocenters. The van der Waals surface area contributed by atoms with E-state index < -0.39 is 0 Å². The summed E-state index contributed by atoms with van der Waals surface area (Å²) >= 11 is 1.43. The van der Waals surface area contributed by atoms with Gasteiger partial charge in [-0.2, -0.15) is 0 Å². The minimum absolute atomic E-state index is 0.122. The van der Waals surface area contributed by atoms with Crippen LogP contribution in [0, 0.1) is 0 Å². The van der Waals surface area contributed by atoms with Crippen LogP contribution in [0.5, 0.6) is 17.2 Å². The molecule has 38 heavy (non-hydrogen) atoms. The average molecular weight is 530 g/mol. The van der Waals surface area contributed by atoms with E-state index in [9.17, 15) is 14.4 Å². The molecule has 0 N–H and O–H groups in total. The van der Waals surface area contributed by atoms with Crippen molar-refractivity contribution < 1.29 is 28.6 Å². The highest BCUT2D eigenvalue weighted by Crippen LogP contribution is 2.41. The van der Waals surface area contributed by atoms with E-state index in [4.69, 9.17) is 14.2 Å². The van der Waals surface area contributed by atoms with Crippen LogP contribution in [0.2, 0.25) is 0 Å². The van der Waals surface area contributed by atoms with E-state index in [-0.39, 0.29) is 5.78 Å². The van der Waals surface area contributed by atoms with Gasteiger partial charge in [0.1, 0.15) is 23.9 Å². The highest BCUT2D eigenvalue weighted by atomic mass is 32.1. The zero-order valence-electron chi connectivity index (χ0n) is 20.8. The molecule has 7 nitrogen and oxygen atoms in total. The van der Waals surface area contributed by atoms with Crippen LogP contribution in [0.1, 0.15) is 35.2 Å². The number of carbonyl (C=O) groups excluding carboxylic acids is 3. The van der Waals surface area contributed by atoms with Crippen LogP contribution in [-0.4, -0.2) is 49.9 Å². The number of hydrogen-bond acceptors (Lipinski definition) is 8. The molecule has 0 saturated carbocycles. The molecule has 194 valence electrons. The molecule has 3 aromatic carbocycles. The Morgan fingerprint density at radius 2 is 1.47 bits per heavy atom. The largest absolute Gasteiger partial charge is 0.492 e. The van der Waals surface area contributed by atoms with Crippen LogP contribution in [0.15, 0.2) is 66.7 Å². The first-order valence-electron chi connectivity index (χ1n) is 12.5. The van der Waals surface area contributed by atoms with Crippen LogP contribution >= 0.6 is 11.3 Å². The molecule has 1 aliphatic heterocycles. The van der Waals surface area contributed by atoms with Crippen molar-refractivity contribution in [2.75, 3.05) is 26.2 Å². The van der Waals surface area contributed by atoms with Crippen LogP contribution in [0.3, 0.4) is 0 Å². The molecule has 0 aliphatic carbocycles. The van der Waals surface area contributed by atoms with Gasteiger partial charge < -0.3 is 14.2 Å². The van der Waals surface area contributed by atoms with Gasteiger partial charge in [-0.15, -0.1) is 11.3 Å². The number of fused-ring (bicyclic) bond motifs is 1. The molecule has 0 bridgehead atoms. The number of piperidine rings is 1. The summed E-state index contributed by atoms with van der Waals surface area (Å²) in [7, 11) is 0. The second-order valence-electron chi connectivity index (χ2n) is 9.02. The zero-order chi connectivity index (χ0) is 26.3. The molecule has 8 heteroatoms. The fourth-order valence-electron chi connectivity index (χ4n) is 4.70. The number of carbonyl (C=O) groups is 3. The monoisotopic (exact) mass is 529 g/mol. The van der Waals surface area contributed by atoms with E-state index in [2.05, 4.69) is 4.90 Å². The van der Waals surface area contributed by atoms with Gasteiger partial charge >= 0.3 is 0 Å². The minimum Gasteiger partial charge on any atom is -0.492 e. The lowest BCUT2D eigenvalue weighted by atomic mass is 9.97. The predicted octanol–water partition coefficient (Wildman–Crippen LogP) is 5.73. The Bertz CT molecular complexity index is 1420. The van der Waals surface area contributed by atoms with Gasteiger partial charge in [-0.3, -0.25) is 19.3 Å². The third-order valence-corrected chi connectivity index (χ3v) is 7.82. The molecule has 5 rings (SSSR count). The van der Waals surface area contributed by atoms with E-state index in [1.165, 1.54) is 30.6 Å². The van der Waals surface area contributed by atoms with Crippen molar-refractivity contribution in [1.29, 1.82) is 0 Å². The lowest BCUT2D eigenvalue weighted by Crippen LogP contribution is -2.33. The lowest BCUT2D eigenvalue weighted by Gasteiger charge is -2.26. The van der Waals surface area contributed by atoms with Gasteiger partial charge in [0.2, 0.25) is 0 Å². The fourth-order valence-corrected chi connectivity index (χ4v) is 5.93. The number of rotatable bonds is 11. The highest BCUT2D eigenvalue weighted by Gasteiger charge is 2.22. The Balaban J connectivity index is 1.41. The quantitative estimate of drug-likeness (QED) is 0.181. The number of hydrogen-bond donors (Lipinski definition) is 0. The maximum absolute atomic E-state index is 13.8. The Labute approximate surface area is 224 Å². The average Bonchev–Trinajstić information content (AvgIpc) is 3.33. The lowest BCUT2D eigenvalue weighted by molar-refractivity contribution is -0.121. The van der Waals surface area contributed by atoms with Gasteiger partial charge in [0.15, 0.2) is 5.78 Å². The Morgan fingerprint density at radius 1 is 0.816 bits per heavy atom. The number of nitrogens with zero attached hydrogens (tertiary/aromatic N) is 1. The summed E-state index contributed by atoms with van der Waals surface area (Å²) in [4.78, 5) is 38.5. The van der Waals surface area contributed by atoms with Gasteiger partial charge in [0.05, 0.1) is 0 Å². The number of thiophene rings is 1. The van der Waals surface area contributed by atoms with Crippen LogP contribution in [-0.2, 0) is 9.59 Å². The molecular formula is C30H27NO6S. The smallest absolute Gasteiger partial charge is 0.298 e. The first-order chi connectivity index (χ1) is 18.7. The molecule has 1 saturated heterocycles. The third-order valence-electron chi connectivity index (χ3n) is 6.61. The minimum atomic E-state index is -0.122. The molecule has 0 radical (unpaired) electrons. The maximum Gasteiger partial charge on any atom is 0.298 e. The van der Waals surface area contributed by atoms with Gasteiger partial charge in [0, 0.05) is 32.6 Å². The molecule has 0 atom stereocenters. The molecule has 0 spiro atoms. The zero-order valence-corrected chi connectivity index (χ0v) is 21.6. The van der Waals surface area contributed by atoms with Gasteiger partial charge in [-0.05, 0) is 98.2 Å². The summed E-state index contributed by atoms with van der Waals surface area (Å²) in [5.41, 5.74) is 1.91. The second kappa shape index (κ2) is 12.0. The summed E-state index contributed by atoms with van der Waals surface area (Å²) in [5, 5.41) is 0.767. The summed E-state index contributed by atoms with van der Waals surface area (Å²) in [6.45, 7) is 4.52. The standard InChI is InChI=1S/C30H27NO6S/c32-19-36-24-10-6-22(7-11-24)30-28(26-13-12-25(37-20-33)18-27(26)38-30)29(34)21-4-8-23(9-5-21)35-17-16-31-14-2-1-3-15-31/h4-13,18-20H,1-3,14-17H2. The molecular weight excluding hydrogens is 502 g/mol. The summed E-state index contributed by atoms with van der Waals surface area (Å²) < 4.78 is 16.7. The molecule has 1 aromatic heterocycles. The van der Waals surface area contributed by atoms with Gasteiger partial charge in [0.25, 0.3) is 12.9 Å². The van der Waals surface area contributed by atoms with E-state index in [0.717, 1.165) is 45.9 Å². The molecule has 0 amide bonds. The van der Waals surface area contributed by atoms with Crippen LogP contribution < -0.4 is 14.2 Å². The highest BCUT2D eigenvalue weighted by molar-refractivity contribution is 7.22. The van der Waals surface area contributed by atoms with Crippen LogP contribution in [0.4, 0.5) is 0 Å². The van der Waals surface area contributed by atoms with Gasteiger partial charge in [-0.25, -0.2) is 0 Å². The molecule has 1 aliphatic rings. The van der Waals surface area contributed by atoms with Crippen molar-refractivity contribution in [1.82, 2.24) is 4.90 Å². The first-order valence-corrected chi connectivity index (χ1v) is 13.4. The number of likely N-dealkylation sites (tertiary alicyclic amines) is 1. The first kappa shape index (κ1) is 25.6. The Kier molecular flexibility index (Phi) is 8.11. The van der Waals surface area contributed by atoms with E-state index in [1.807, 2.05) is 24.3 Å². The van der Waals surface area contributed by atoms with Crippen molar-refractivity contribution >= 4 is 40.2 Å². The van der Waals surface area contributed by atoms with E-state index >= 15 is 0 Å². The van der Waals surface area contributed by atoms with Crippen molar-refractivity contribution in [3.8, 4) is 27.7 Å². The van der Waals surface area contributed by atoms with Crippen molar-refractivity contribution in [3.05, 3.63) is 77.9 Å². The van der Waals surface area contributed by atoms with E-state index in [1.54, 1.807) is 42.5 Å². The van der Waals surface area contributed by atoms with E-state index in [0.29, 0.717) is 42.2 Å². The summed E-state index contributed by atoms with van der Waals surface area (Å²) in [6, 6.07) is 19.4. The maximum atomic E-state index is 13.8. The van der Waals surface area contributed by atoms with Crippen LogP contribution in [0.25, 0.3) is 20.5 Å². The summed E-state index contributed by atoms with van der Waals surface area (Å²) in [5.74, 6) is 1.43. The number of benzene rings is 3. The van der Waals surface area contributed by atoms with Gasteiger partial charge in [-0.1, -0.05) is 6.42 Å². The number of ketones is 1. The fraction of sp³-hybridized carbons (Fsp3) is 0.233. The molecule has 2 heterocycles. The second-order valence-corrected chi connectivity index (χ2v) is 10.1. The van der Waals surface area contributed by atoms with Crippen molar-refractivity contribution in [3.63, 3.8) is 0 Å². The summed E-state index contributed by atoms with van der Waals surface area (Å²) in [6.07, 6.45) is 3.80. The van der Waals surface area contributed by atoms with Crippen molar-refractivity contribution in [2.24, 2.45) is 0 Å². The Morgan fingerprint density at radius 3 is 2.18 bits per heavy atom. The molecule has 1 fully saturated rings. The van der Waals surface area contributed by atoms with Crippen molar-refractivity contribution in [2.45, 2.75) is 19.3 Å². The molecule has 4 aromatic rings. The number of ether oxygens (including phenoxy) is 3. The third kappa shape index (κ3) is 5.77. The Hall–Kier alpha value is -4.01. The topological polar surface area (TPSA) is 82.1 Å².